The molecule has 1 rings (SSSR count). The Bertz CT molecular complexity index is 448. The summed E-state index contributed by atoms with van der Waals surface area (Å²) in [6.07, 6.45) is 0. The van der Waals surface area contributed by atoms with Crippen LogP contribution in [-0.2, 0) is 0 Å². The highest BCUT2D eigenvalue weighted by atomic mass is 19.1. The van der Waals surface area contributed by atoms with Crippen LogP contribution in [0.1, 0.15) is 5.56 Å². The second-order valence-electron chi connectivity index (χ2n) is 2.90. The van der Waals surface area contributed by atoms with Gasteiger partial charge in [0.1, 0.15) is 5.82 Å². The third-order valence-electron chi connectivity index (χ3n) is 1.78. The largest absolute Gasteiger partial charge is 0.341 e. The van der Waals surface area contributed by atoms with Gasteiger partial charge in [-0.2, -0.15) is 0 Å². The van der Waals surface area contributed by atoms with Crippen molar-refractivity contribution in [2.45, 2.75) is 0 Å². The lowest BCUT2D eigenvalue weighted by atomic mass is 10.2. The van der Waals surface area contributed by atoms with Crippen molar-refractivity contribution in [2.24, 2.45) is 5.73 Å². The summed E-state index contributed by atoms with van der Waals surface area (Å²) in [5.41, 5.74) is 5.82. The molecule has 0 aliphatic heterocycles. The SMILES string of the molecule is CNC(=O)Nc1ccc(C#CCN)cc1F. The van der Waals surface area contributed by atoms with Gasteiger partial charge in [0.2, 0.25) is 0 Å². The standard InChI is InChI=1S/C11H12FN3O/c1-14-11(16)15-10-5-4-8(3-2-6-13)7-9(10)12/h4-5,7H,6,13H2,1H3,(H2,14,15,16). The number of anilines is 1. The number of halogens is 1. The maximum Gasteiger partial charge on any atom is 0.319 e. The van der Waals surface area contributed by atoms with Crippen LogP contribution in [0, 0.1) is 17.7 Å². The van der Waals surface area contributed by atoms with Gasteiger partial charge in [-0.25, -0.2) is 9.18 Å². The Morgan fingerprint density at radius 2 is 2.31 bits per heavy atom. The smallest absolute Gasteiger partial charge is 0.319 e. The van der Waals surface area contributed by atoms with Crippen LogP contribution in [0.4, 0.5) is 14.9 Å². The molecule has 0 saturated heterocycles. The zero-order valence-corrected chi connectivity index (χ0v) is 8.80. The van der Waals surface area contributed by atoms with E-state index in [4.69, 9.17) is 5.73 Å². The Balaban J connectivity index is 2.87. The van der Waals surface area contributed by atoms with Gasteiger partial charge in [-0.05, 0) is 18.2 Å². The Morgan fingerprint density at radius 3 is 2.88 bits per heavy atom. The van der Waals surface area contributed by atoms with Gasteiger partial charge >= 0.3 is 6.03 Å². The van der Waals surface area contributed by atoms with Crippen molar-refractivity contribution in [3.63, 3.8) is 0 Å². The van der Waals surface area contributed by atoms with Gasteiger partial charge in [0.15, 0.2) is 0 Å². The number of nitrogens with one attached hydrogen (secondary N) is 2. The molecule has 0 spiro atoms. The molecule has 16 heavy (non-hydrogen) atoms. The van der Waals surface area contributed by atoms with Crippen LogP contribution in [-0.4, -0.2) is 19.6 Å². The van der Waals surface area contributed by atoms with Crippen LogP contribution in [0.15, 0.2) is 18.2 Å². The molecule has 0 bridgehead atoms. The normalized spacial score (nSPS) is 8.94. The van der Waals surface area contributed by atoms with Crippen LogP contribution in [0.3, 0.4) is 0 Å². The molecule has 0 aliphatic rings. The highest BCUT2D eigenvalue weighted by Gasteiger charge is 2.05. The monoisotopic (exact) mass is 221 g/mol. The second kappa shape index (κ2) is 5.73. The molecule has 2 amide bonds. The number of nitrogens with two attached hydrogens (primary N) is 1. The summed E-state index contributed by atoms with van der Waals surface area (Å²) in [7, 11) is 1.45. The van der Waals surface area contributed by atoms with Gasteiger partial charge in [-0.15, -0.1) is 0 Å². The molecule has 0 unspecified atom stereocenters. The zero-order valence-electron chi connectivity index (χ0n) is 8.80. The summed E-state index contributed by atoms with van der Waals surface area (Å²) in [5, 5.41) is 4.67. The highest BCUT2D eigenvalue weighted by Crippen LogP contribution is 2.14. The number of benzene rings is 1. The summed E-state index contributed by atoms with van der Waals surface area (Å²) in [5.74, 6) is 4.78. The third-order valence-corrected chi connectivity index (χ3v) is 1.78. The fourth-order valence-corrected chi connectivity index (χ4v) is 1.03. The number of hydrogen-bond donors (Lipinski definition) is 3. The average Bonchev–Trinajstić information content (AvgIpc) is 2.29. The molecule has 1 aromatic rings. The molecule has 4 nitrogen and oxygen atoms in total. The molecule has 0 fully saturated rings. The maximum absolute atomic E-state index is 13.4. The second-order valence-corrected chi connectivity index (χ2v) is 2.90. The number of rotatable bonds is 1. The minimum atomic E-state index is -0.535. The van der Waals surface area contributed by atoms with E-state index in [0.717, 1.165) is 0 Å². The summed E-state index contributed by atoms with van der Waals surface area (Å²) in [6, 6.07) is 3.83. The predicted octanol–water partition coefficient (Wildman–Crippen LogP) is 0.887. The minimum Gasteiger partial charge on any atom is -0.341 e. The van der Waals surface area contributed by atoms with Gasteiger partial charge in [0.05, 0.1) is 12.2 Å². The van der Waals surface area contributed by atoms with E-state index in [0.29, 0.717) is 5.56 Å². The minimum absolute atomic E-state index is 0.109. The van der Waals surface area contributed by atoms with E-state index in [1.54, 1.807) is 6.07 Å². The quantitative estimate of drug-likeness (QED) is 0.616. The topological polar surface area (TPSA) is 67.2 Å². The molecule has 0 aromatic heterocycles. The van der Waals surface area contributed by atoms with Gasteiger partial charge in [-0.3, -0.25) is 0 Å². The van der Waals surface area contributed by atoms with E-state index in [-0.39, 0.29) is 12.2 Å². The van der Waals surface area contributed by atoms with Gasteiger partial charge < -0.3 is 16.4 Å². The van der Waals surface area contributed by atoms with E-state index < -0.39 is 11.8 Å². The lowest BCUT2D eigenvalue weighted by Crippen LogP contribution is -2.24. The van der Waals surface area contributed by atoms with Crippen LogP contribution < -0.4 is 16.4 Å². The molecule has 84 valence electrons. The molecular formula is C11H12FN3O. The van der Waals surface area contributed by atoms with Crippen LogP contribution in [0.25, 0.3) is 0 Å². The van der Waals surface area contributed by atoms with Crippen molar-refractivity contribution in [3.05, 3.63) is 29.6 Å². The van der Waals surface area contributed by atoms with Gasteiger partial charge in [0.25, 0.3) is 0 Å². The van der Waals surface area contributed by atoms with E-state index in [1.165, 1.54) is 19.2 Å². The van der Waals surface area contributed by atoms with Crippen LogP contribution in [0.5, 0.6) is 0 Å². The van der Waals surface area contributed by atoms with Crippen molar-refractivity contribution in [2.75, 3.05) is 18.9 Å². The molecule has 1 aromatic carbocycles. The van der Waals surface area contributed by atoms with Crippen LogP contribution in [0.2, 0.25) is 0 Å². The fraction of sp³-hybridized carbons (Fsp3) is 0.182. The Labute approximate surface area is 93.0 Å². The number of hydrogen-bond acceptors (Lipinski definition) is 2. The lowest BCUT2D eigenvalue weighted by molar-refractivity contribution is 0.254. The van der Waals surface area contributed by atoms with Crippen molar-refractivity contribution in [3.8, 4) is 11.8 Å². The van der Waals surface area contributed by atoms with Crippen LogP contribution >= 0.6 is 0 Å². The number of amides is 2. The molecule has 4 N–H and O–H groups in total. The van der Waals surface area contributed by atoms with Gasteiger partial charge in [0, 0.05) is 12.6 Å². The summed E-state index contributed by atoms with van der Waals surface area (Å²) >= 11 is 0. The van der Waals surface area contributed by atoms with E-state index in [9.17, 15) is 9.18 Å². The average molecular weight is 221 g/mol. The number of carbonyl (C=O) groups is 1. The van der Waals surface area contributed by atoms with Crippen molar-refractivity contribution in [1.29, 1.82) is 0 Å². The third kappa shape index (κ3) is 3.26. The summed E-state index contributed by atoms with van der Waals surface area (Å²) < 4.78 is 13.4. The molecule has 0 saturated carbocycles. The predicted molar refractivity (Wildman–Crippen MR) is 60.4 cm³/mol. The zero-order chi connectivity index (χ0) is 12.0. The summed E-state index contributed by atoms with van der Waals surface area (Å²) in [6.45, 7) is 0.222. The first-order valence-electron chi connectivity index (χ1n) is 4.64. The number of carbonyl (C=O) groups excluding carboxylic acids is 1. The highest BCUT2D eigenvalue weighted by molar-refractivity contribution is 5.89. The van der Waals surface area contributed by atoms with Crippen molar-refractivity contribution < 1.29 is 9.18 Å². The number of urea groups is 1. The Kier molecular flexibility index (Phi) is 4.30. The molecule has 5 heteroatoms. The van der Waals surface area contributed by atoms with E-state index in [1.807, 2.05) is 0 Å². The summed E-state index contributed by atoms with van der Waals surface area (Å²) in [4.78, 5) is 11.0. The molecular weight excluding hydrogens is 209 g/mol. The van der Waals surface area contributed by atoms with Crippen molar-refractivity contribution in [1.82, 2.24) is 5.32 Å². The maximum atomic E-state index is 13.4. The first-order valence-corrected chi connectivity index (χ1v) is 4.64. The van der Waals surface area contributed by atoms with E-state index in [2.05, 4.69) is 22.5 Å². The first kappa shape index (κ1) is 12.0. The Morgan fingerprint density at radius 1 is 1.56 bits per heavy atom. The molecule has 0 heterocycles. The lowest BCUT2D eigenvalue weighted by Gasteiger charge is -2.05. The first-order chi connectivity index (χ1) is 7.67. The molecule has 0 atom stereocenters. The molecule has 0 aliphatic carbocycles. The Hall–Kier alpha value is -2.06. The van der Waals surface area contributed by atoms with E-state index >= 15 is 0 Å². The fourth-order valence-electron chi connectivity index (χ4n) is 1.03. The van der Waals surface area contributed by atoms with Crippen molar-refractivity contribution >= 4 is 11.7 Å². The van der Waals surface area contributed by atoms with Gasteiger partial charge in [-0.1, -0.05) is 11.8 Å². The molecule has 0 radical (unpaired) electrons.